The number of hydrogen-bond donors (Lipinski definition) is 0. The van der Waals surface area contributed by atoms with Crippen molar-refractivity contribution in [2.45, 2.75) is 32.7 Å². The molecule has 166 valence electrons. The van der Waals surface area contributed by atoms with Crippen molar-refractivity contribution in [3.63, 3.8) is 0 Å². The Morgan fingerprint density at radius 3 is 2.39 bits per heavy atom. The summed E-state index contributed by atoms with van der Waals surface area (Å²) in [7, 11) is 4.49. The summed E-state index contributed by atoms with van der Waals surface area (Å²) in [5.41, 5.74) is 3.90. The van der Waals surface area contributed by atoms with Crippen LogP contribution in [0.4, 0.5) is 0 Å². The van der Waals surface area contributed by atoms with Crippen LogP contribution in [0, 0.1) is 13.8 Å². The minimum Gasteiger partial charge on any atom is -0.493 e. The zero-order valence-electron chi connectivity index (χ0n) is 18.7. The van der Waals surface area contributed by atoms with Gasteiger partial charge in [0.2, 0.25) is 0 Å². The summed E-state index contributed by atoms with van der Waals surface area (Å²) in [6.07, 6.45) is 0.691. The maximum Gasteiger partial charge on any atom is 0.307 e. The maximum atomic E-state index is 13.1. The number of ether oxygens (including phenoxy) is 4. The first kappa shape index (κ1) is 22.5. The summed E-state index contributed by atoms with van der Waals surface area (Å²) in [6, 6.07) is 9.16. The molecular formula is C24H29NO6. The van der Waals surface area contributed by atoms with Gasteiger partial charge in [0.05, 0.1) is 33.8 Å². The predicted octanol–water partition coefficient (Wildman–Crippen LogP) is 3.39. The summed E-state index contributed by atoms with van der Waals surface area (Å²) in [6.45, 7) is 4.28. The Kier molecular flexibility index (Phi) is 7.05. The number of benzene rings is 2. The van der Waals surface area contributed by atoms with E-state index < -0.39 is 6.04 Å². The van der Waals surface area contributed by atoms with Crippen molar-refractivity contribution in [2.24, 2.45) is 0 Å². The van der Waals surface area contributed by atoms with Crippen LogP contribution in [0.5, 0.6) is 17.2 Å². The van der Waals surface area contributed by atoms with Crippen LogP contribution < -0.4 is 14.2 Å². The van der Waals surface area contributed by atoms with Gasteiger partial charge in [-0.1, -0.05) is 12.1 Å². The van der Waals surface area contributed by atoms with Gasteiger partial charge >= 0.3 is 5.97 Å². The van der Waals surface area contributed by atoms with E-state index in [1.165, 1.54) is 7.11 Å². The SMILES string of the molecule is COC(=O)C[C@H]1c2cc(OC)c(OC)cc2CCN1C(=O)COc1cc(C)ccc1C. The van der Waals surface area contributed by atoms with Crippen LogP contribution in [-0.4, -0.2) is 51.3 Å². The number of rotatable bonds is 7. The number of carbonyl (C=O) groups excluding carboxylic acids is 2. The number of esters is 1. The first-order valence-corrected chi connectivity index (χ1v) is 10.2. The lowest BCUT2D eigenvalue weighted by molar-refractivity contribution is -0.144. The fraction of sp³-hybridized carbons (Fsp3) is 0.417. The highest BCUT2D eigenvalue weighted by molar-refractivity contribution is 5.80. The molecule has 1 aliphatic rings. The fourth-order valence-corrected chi connectivity index (χ4v) is 3.87. The molecule has 7 heteroatoms. The molecule has 0 aliphatic carbocycles. The molecule has 0 unspecified atom stereocenters. The lowest BCUT2D eigenvalue weighted by Gasteiger charge is -2.37. The number of hydrogen-bond acceptors (Lipinski definition) is 6. The lowest BCUT2D eigenvalue weighted by Crippen LogP contribution is -2.43. The molecule has 7 nitrogen and oxygen atoms in total. The van der Waals surface area contributed by atoms with Crippen molar-refractivity contribution in [3.05, 3.63) is 52.6 Å². The molecule has 0 bridgehead atoms. The van der Waals surface area contributed by atoms with Crippen LogP contribution in [0.2, 0.25) is 0 Å². The van der Waals surface area contributed by atoms with Crippen molar-refractivity contribution < 1.29 is 28.5 Å². The molecule has 2 aromatic carbocycles. The molecule has 1 amide bonds. The molecule has 1 aliphatic heterocycles. The van der Waals surface area contributed by atoms with E-state index in [-0.39, 0.29) is 24.9 Å². The third-order valence-corrected chi connectivity index (χ3v) is 5.61. The zero-order valence-corrected chi connectivity index (χ0v) is 18.7. The van der Waals surface area contributed by atoms with E-state index in [0.717, 1.165) is 22.3 Å². The van der Waals surface area contributed by atoms with Crippen LogP contribution in [0.15, 0.2) is 30.3 Å². The molecule has 0 radical (unpaired) electrons. The van der Waals surface area contributed by atoms with Gasteiger partial charge in [0.1, 0.15) is 5.75 Å². The van der Waals surface area contributed by atoms with Gasteiger partial charge in [0, 0.05) is 6.54 Å². The van der Waals surface area contributed by atoms with Gasteiger partial charge < -0.3 is 23.8 Å². The Bertz CT molecular complexity index is 971. The van der Waals surface area contributed by atoms with Gasteiger partial charge in [0.25, 0.3) is 5.91 Å². The summed E-state index contributed by atoms with van der Waals surface area (Å²) in [5, 5.41) is 0. The maximum absolute atomic E-state index is 13.1. The highest BCUT2D eigenvalue weighted by Gasteiger charge is 2.34. The highest BCUT2D eigenvalue weighted by Crippen LogP contribution is 2.39. The molecule has 0 spiro atoms. The van der Waals surface area contributed by atoms with Gasteiger partial charge in [-0.25, -0.2) is 0 Å². The van der Waals surface area contributed by atoms with Crippen molar-refractivity contribution in [1.82, 2.24) is 4.90 Å². The quantitative estimate of drug-likeness (QED) is 0.631. The average molecular weight is 427 g/mol. The molecule has 0 saturated carbocycles. The smallest absolute Gasteiger partial charge is 0.307 e. The predicted molar refractivity (Wildman–Crippen MR) is 116 cm³/mol. The molecule has 31 heavy (non-hydrogen) atoms. The molecule has 0 aromatic heterocycles. The molecule has 2 aromatic rings. The number of aryl methyl sites for hydroxylation is 2. The number of fused-ring (bicyclic) bond motifs is 1. The summed E-state index contributed by atoms with van der Waals surface area (Å²) in [5.74, 6) is 1.28. The van der Waals surface area contributed by atoms with Gasteiger partial charge in [-0.2, -0.15) is 0 Å². The van der Waals surface area contributed by atoms with E-state index in [0.29, 0.717) is 30.2 Å². The number of nitrogens with zero attached hydrogens (tertiary/aromatic N) is 1. The monoisotopic (exact) mass is 427 g/mol. The average Bonchev–Trinajstić information content (AvgIpc) is 2.78. The summed E-state index contributed by atoms with van der Waals surface area (Å²) in [4.78, 5) is 27.0. The number of amides is 1. The number of carbonyl (C=O) groups is 2. The zero-order chi connectivity index (χ0) is 22.5. The van der Waals surface area contributed by atoms with E-state index in [9.17, 15) is 9.59 Å². The van der Waals surface area contributed by atoms with E-state index in [4.69, 9.17) is 18.9 Å². The normalized spacial score (nSPS) is 15.1. The minimum atomic E-state index is -0.467. The molecule has 3 rings (SSSR count). The van der Waals surface area contributed by atoms with Gasteiger partial charge in [-0.15, -0.1) is 0 Å². The standard InChI is InChI=1S/C24H29NO6/c1-15-6-7-16(2)20(10-15)31-14-23(26)25-9-8-17-11-21(28-3)22(29-4)12-18(17)19(25)13-24(27)30-5/h6-7,10-12,19H,8-9,13-14H2,1-5H3/t19-/m0/s1. The number of methoxy groups -OCH3 is 3. The second-order valence-electron chi connectivity index (χ2n) is 7.60. The van der Waals surface area contributed by atoms with Crippen LogP contribution in [0.3, 0.4) is 0 Å². The molecule has 1 atom stereocenters. The fourth-order valence-electron chi connectivity index (χ4n) is 3.87. The van der Waals surface area contributed by atoms with Crippen LogP contribution in [-0.2, 0) is 20.7 Å². The molecule has 1 heterocycles. The molecule has 0 N–H and O–H groups in total. The first-order chi connectivity index (χ1) is 14.9. The lowest BCUT2D eigenvalue weighted by atomic mass is 9.90. The molecular weight excluding hydrogens is 398 g/mol. The second kappa shape index (κ2) is 9.73. The van der Waals surface area contributed by atoms with Crippen LogP contribution >= 0.6 is 0 Å². The van der Waals surface area contributed by atoms with Crippen LogP contribution in [0.25, 0.3) is 0 Å². The molecule has 0 saturated heterocycles. The van der Waals surface area contributed by atoms with E-state index in [2.05, 4.69) is 0 Å². The Labute approximate surface area is 182 Å². The van der Waals surface area contributed by atoms with Gasteiger partial charge in [-0.3, -0.25) is 9.59 Å². The van der Waals surface area contributed by atoms with Crippen molar-refractivity contribution >= 4 is 11.9 Å². The highest BCUT2D eigenvalue weighted by atomic mass is 16.5. The second-order valence-corrected chi connectivity index (χ2v) is 7.60. The topological polar surface area (TPSA) is 74.3 Å². The summed E-state index contributed by atoms with van der Waals surface area (Å²) < 4.78 is 21.6. The van der Waals surface area contributed by atoms with Gasteiger partial charge in [0.15, 0.2) is 18.1 Å². The van der Waals surface area contributed by atoms with E-state index >= 15 is 0 Å². The third-order valence-electron chi connectivity index (χ3n) is 5.61. The van der Waals surface area contributed by atoms with Crippen LogP contribution in [0.1, 0.15) is 34.7 Å². The third kappa shape index (κ3) is 4.93. The largest absolute Gasteiger partial charge is 0.493 e. The van der Waals surface area contributed by atoms with Crippen molar-refractivity contribution in [3.8, 4) is 17.2 Å². The Morgan fingerprint density at radius 2 is 1.71 bits per heavy atom. The Balaban J connectivity index is 1.87. The van der Waals surface area contributed by atoms with E-state index in [1.807, 2.05) is 44.2 Å². The Hall–Kier alpha value is -3.22. The van der Waals surface area contributed by atoms with Crippen molar-refractivity contribution in [1.29, 1.82) is 0 Å². The van der Waals surface area contributed by atoms with Crippen molar-refractivity contribution in [2.75, 3.05) is 34.5 Å². The molecule has 0 fully saturated rings. The van der Waals surface area contributed by atoms with E-state index in [1.54, 1.807) is 19.1 Å². The summed E-state index contributed by atoms with van der Waals surface area (Å²) >= 11 is 0. The first-order valence-electron chi connectivity index (χ1n) is 10.2. The Morgan fingerprint density at radius 1 is 1.00 bits per heavy atom. The minimum absolute atomic E-state index is 0.0498. The van der Waals surface area contributed by atoms with Gasteiger partial charge in [-0.05, 0) is 60.7 Å².